The number of benzene rings is 2. The summed E-state index contributed by atoms with van der Waals surface area (Å²) in [4.78, 5) is 15.5. The Labute approximate surface area is 166 Å². The Kier molecular flexibility index (Phi) is 5.39. The van der Waals surface area contributed by atoms with E-state index in [-0.39, 0.29) is 17.7 Å². The molecule has 150 valence electrons. The fourth-order valence-electron chi connectivity index (χ4n) is 3.19. The van der Waals surface area contributed by atoms with Crippen LogP contribution in [0.3, 0.4) is 0 Å². The molecule has 3 aromatic rings. The van der Waals surface area contributed by atoms with Gasteiger partial charge in [-0.25, -0.2) is 0 Å². The first-order chi connectivity index (χ1) is 14.1. The van der Waals surface area contributed by atoms with Crippen molar-refractivity contribution >= 4 is 11.4 Å². The van der Waals surface area contributed by atoms with Gasteiger partial charge in [-0.2, -0.15) is 4.98 Å². The van der Waals surface area contributed by atoms with Crippen LogP contribution < -0.4 is 10.1 Å². The van der Waals surface area contributed by atoms with Crippen molar-refractivity contribution in [3.05, 3.63) is 52.6 Å². The lowest BCUT2D eigenvalue weighted by molar-refractivity contribution is -0.383. The molecule has 1 aliphatic heterocycles. The van der Waals surface area contributed by atoms with Crippen molar-refractivity contribution in [1.29, 1.82) is 0 Å². The van der Waals surface area contributed by atoms with Gasteiger partial charge in [-0.3, -0.25) is 10.1 Å². The van der Waals surface area contributed by atoms with E-state index in [0.29, 0.717) is 23.6 Å². The van der Waals surface area contributed by atoms with Crippen molar-refractivity contribution in [3.8, 4) is 28.6 Å². The number of anilines is 1. The third kappa shape index (κ3) is 4.19. The summed E-state index contributed by atoms with van der Waals surface area (Å²) < 4.78 is 16.0. The van der Waals surface area contributed by atoms with Gasteiger partial charge < -0.3 is 19.3 Å². The predicted octanol–water partition coefficient (Wildman–Crippen LogP) is 3.91. The van der Waals surface area contributed by atoms with E-state index in [9.17, 15) is 10.1 Å². The van der Waals surface area contributed by atoms with Gasteiger partial charge in [-0.15, -0.1) is 0 Å². The smallest absolute Gasteiger partial charge is 0.293 e. The second-order valence-corrected chi connectivity index (χ2v) is 6.66. The highest BCUT2D eigenvalue weighted by atomic mass is 16.6. The van der Waals surface area contributed by atoms with Crippen LogP contribution in [0, 0.1) is 10.1 Å². The fourth-order valence-corrected chi connectivity index (χ4v) is 3.19. The highest BCUT2D eigenvalue weighted by molar-refractivity contribution is 5.70. The maximum Gasteiger partial charge on any atom is 0.293 e. The number of rotatable bonds is 7. The van der Waals surface area contributed by atoms with E-state index in [4.69, 9.17) is 14.0 Å². The molecule has 1 fully saturated rings. The summed E-state index contributed by atoms with van der Waals surface area (Å²) in [5.41, 5.74) is 1.62. The Bertz CT molecular complexity index is 996. The number of hydrogen-bond acceptors (Lipinski definition) is 8. The van der Waals surface area contributed by atoms with Gasteiger partial charge in [0.25, 0.3) is 11.6 Å². The van der Waals surface area contributed by atoms with E-state index >= 15 is 0 Å². The summed E-state index contributed by atoms with van der Waals surface area (Å²) in [7, 11) is 1.59. The lowest BCUT2D eigenvalue weighted by Gasteiger charge is -2.12. The molecule has 9 nitrogen and oxygen atoms in total. The molecule has 1 atom stereocenters. The molecule has 1 saturated heterocycles. The third-order valence-electron chi connectivity index (χ3n) is 4.76. The zero-order valence-electron chi connectivity index (χ0n) is 15.8. The monoisotopic (exact) mass is 396 g/mol. The second kappa shape index (κ2) is 8.27. The van der Waals surface area contributed by atoms with Gasteiger partial charge in [0.05, 0.1) is 18.1 Å². The van der Waals surface area contributed by atoms with Crippen LogP contribution in [0.15, 0.2) is 47.0 Å². The number of nitrogens with zero attached hydrogens (tertiary/aromatic N) is 3. The molecule has 2 aromatic carbocycles. The highest BCUT2D eigenvalue weighted by Crippen LogP contribution is 2.31. The Morgan fingerprint density at radius 1 is 1.24 bits per heavy atom. The molecular weight excluding hydrogens is 376 g/mol. The van der Waals surface area contributed by atoms with E-state index in [1.807, 2.05) is 12.1 Å². The minimum absolute atomic E-state index is 0.0512. The minimum atomic E-state index is -0.428. The van der Waals surface area contributed by atoms with Crippen molar-refractivity contribution < 1.29 is 18.9 Å². The number of nitrogens with one attached hydrogen (secondary N) is 1. The van der Waals surface area contributed by atoms with Gasteiger partial charge in [0.1, 0.15) is 11.4 Å². The van der Waals surface area contributed by atoms with Crippen LogP contribution in [0.1, 0.15) is 12.8 Å². The summed E-state index contributed by atoms with van der Waals surface area (Å²) in [6, 6.07) is 12.0. The number of nitro groups is 1. The molecule has 0 amide bonds. The number of ether oxygens (including phenoxy) is 2. The molecule has 1 aromatic heterocycles. The number of methoxy groups -OCH3 is 1. The lowest BCUT2D eigenvalue weighted by atomic mass is 10.1. The predicted molar refractivity (Wildman–Crippen MR) is 106 cm³/mol. The Balaban J connectivity index is 1.55. The molecule has 1 aliphatic rings. The van der Waals surface area contributed by atoms with Crippen molar-refractivity contribution in [3.63, 3.8) is 0 Å². The van der Waals surface area contributed by atoms with Crippen molar-refractivity contribution in [2.24, 2.45) is 0 Å². The first-order valence-electron chi connectivity index (χ1n) is 9.26. The van der Waals surface area contributed by atoms with Gasteiger partial charge in [-0.1, -0.05) is 5.16 Å². The van der Waals surface area contributed by atoms with Gasteiger partial charge >= 0.3 is 0 Å². The molecule has 0 bridgehead atoms. The lowest BCUT2D eigenvalue weighted by Crippen LogP contribution is -2.18. The van der Waals surface area contributed by atoms with Crippen LogP contribution in [0.25, 0.3) is 22.8 Å². The maximum atomic E-state index is 11.5. The normalized spacial score (nSPS) is 16.0. The van der Waals surface area contributed by atoms with Gasteiger partial charge in [-0.05, 0) is 49.2 Å². The van der Waals surface area contributed by atoms with E-state index in [1.165, 1.54) is 6.07 Å². The molecule has 9 heteroatoms. The number of nitro benzene ring substituents is 1. The number of aromatic nitrogens is 2. The summed E-state index contributed by atoms with van der Waals surface area (Å²) >= 11 is 0. The van der Waals surface area contributed by atoms with E-state index in [2.05, 4.69) is 15.5 Å². The third-order valence-corrected chi connectivity index (χ3v) is 4.76. The zero-order valence-corrected chi connectivity index (χ0v) is 15.8. The van der Waals surface area contributed by atoms with Crippen molar-refractivity contribution in [2.75, 3.05) is 25.6 Å². The molecule has 0 aliphatic carbocycles. The molecular formula is C20H20N4O5. The molecule has 0 unspecified atom stereocenters. The second-order valence-electron chi connectivity index (χ2n) is 6.66. The quantitative estimate of drug-likeness (QED) is 0.472. The van der Waals surface area contributed by atoms with E-state index in [1.54, 1.807) is 31.4 Å². The van der Waals surface area contributed by atoms with Crippen molar-refractivity contribution in [2.45, 2.75) is 18.9 Å². The first kappa shape index (κ1) is 18.9. The Morgan fingerprint density at radius 2 is 2.03 bits per heavy atom. The summed E-state index contributed by atoms with van der Waals surface area (Å²) in [6.07, 6.45) is 2.05. The average Bonchev–Trinajstić information content (AvgIpc) is 3.44. The summed E-state index contributed by atoms with van der Waals surface area (Å²) in [5.74, 6) is 1.33. The molecule has 4 rings (SSSR count). The summed E-state index contributed by atoms with van der Waals surface area (Å²) in [5, 5.41) is 18.6. The van der Waals surface area contributed by atoms with Gasteiger partial charge in [0.2, 0.25) is 5.82 Å². The van der Waals surface area contributed by atoms with Crippen molar-refractivity contribution in [1.82, 2.24) is 10.1 Å². The molecule has 1 N–H and O–H groups in total. The minimum Gasteiger partial charge on any atom is -0.497 e. The SMILES string of the molecule is COc1ccc(-c2noc(-c3ccc(NC[C@@H]4CCCO4)c([N+](=O)[O-])c3)n2)cc1. The maximum absolute atomic E-state index is 11.5. The molecule has 2 heterocycles. The van der Waals surface area contributed by atoms with Crippen LogP contribution in [-0.2, 0) is 4.74 Å². The Hall–Kier alpha value is -3.46. The standard InChI is InChI=1S/C20H20N4O5/c1-27-15-7-4-13(5-8-15)19-22-20(29-23-19)14-6-9-17(18(11-14)24(25)26)21-12-16-3-2-10-28-16/h4-9,11,16,21H,2-3,10,12H2,1H3/t16-/m0/s1. The first-order valence-corrected chi connectivity index (χ1v) is 9.26. The zero-order chi connectivity index (χ0) is 20.2. The number of hydrogen-bond donors (Lipinski definition) is 1. The van der Waals surface area contributed by atoms with Crippen LogP contribution in [0.5, 0.6) is 5.75 Å². The van der Waals surface area contributed by atoms with Crippen LogP contribution in [-0.4, -0.2) is 41.4 Å². The fraction of sp³-hybridized carbons (Fsp3) is 0.300. The molecule has 29 heavy (non-hydrogen) atoms. The topological polar surface area (TPSA) is 113 Å². The highest BCUT2D eigenvalue weighted by Gasteiger charge is 2.21. The molecule has 0 radical (unpaired) electrons. The average molecular weight is 396 g/mol. The van der Waals surface area contributed by atoms with Crippen LogP contribution >= 0.6 is 0 Å². The molecule has 0 saturated carbocycles. The summed E-state index contributed by atoms with van der Waals surface area (Å²) in [6.45, 7) is 1.27. The largest absolute Gasteiger partial charge is 0.497 e. The van der Waals surface area contributed by atoms with Crippen LogP contribution in [0.2, 0.25) is 0 Å². The van der Waals surface area contributed by atoms with E-state index in [0.717, 1.165) is 30.8 Å². The van der Waals surface area contributed by atoms with E-state index < -0.39 is 4.92 Å². The van der Waals surface area contributed by atoms with Gasteiger partial charge in [0, 0.05) is 30.3 Å². The molecule has 0 spiro atoms. The Morgan fingerprint density at radius 3 is 2.72 bits per heavy atom. The van der Waals surface area contributed by atoms with Crippen LogP contribution in [0.4, 0.5) is 11.4 Å². The van der Waals surface area contributed by atoms with Gasteiger partial charge in [0.15, 0.2) is 0 Å².